The molecule has 0 bridgehead atoms. The van der Waals surface area contributed by atoms with Crippen molar-refractivity contribution in [2.45, 2.75) is 44.6 Å². The molecule has 2 aliphatic rings. The van der Waals surface area contributed by atoms with Crippen molar-refractivity contribution in [1.29, 1.82) is 0 Å². The number of likely N-dealkylation sites (N-methyl/N-ethyl adjacent to an activating group) is 2. The van der Waals surface area contributed by atoms with Crippen molar-refractivity contribution in [1.82, 2.24) is 10.2 Å². The maximum Gasteiger partial charge on any atom is 0.0107 e. The van der Waals surface area contributed by atoms with Crippen LogP contribution in [0.5, 0.6) is 0 Å². The number of hydrogen-bond acceptors (Lipinski definition) is 2. The molecule has 2 saturated carbocycles. The molecule has 0 aromatic rings. The van der Waals surface area contributed by atoms with Gasteiger partial charge in [0, 0.05) is 19.1 Å². The van der Waals surface area contributed by atoms with Crippen LogP contribution in [0, 0.1) is 11.8 Å². The van der Waals surface area contributed by atoms with Gasteiger partial charge in [0.15, 0.2) is 0 Å². The van der Waals surface area contributed by atoms with Crippen LogP contribution in [-0.2, 0) is 0 Å². The maximum absolute atomic E-state index is 3.24. The normalized spacial score (nSPS) is 32.2. The van der Waals surface area contributed by atoms with Gasteiger partial charge in [0.25, 0.3) is 0 Å². The second kappa shape index (κ2) is 5.31. The topological polar surface area (TPSA) is 15.3 Å². The van der Waals surface area contributed by atoms with E-state index >= 15 is 0 Å². The van der Waals surface area contributed by atoms with E-state index < -0.39 is 0 Å². The molecule has 0 radical (unpaired) electrons. The summed E-state index contributed by atoms with van der Waals surface area (Å²) in [6.07, 6.45) is 8.94. The van der Waals surface area contributed by atoms with Crippen molar-refractivity contribution >= 4 is 0 Å². The van der Waals surface area contributed by atoms with E-state index in [-0.39, 0.29) is 0 Å². The molecule has 15 heavy (non-hydrogen) atoms. The molecule has 0 amide bonds. The first-order valence-corrected chi connectivity index (χ1v) is 6.66. The van der Waals surface area contributed by atoms with Gasteiger partial charge in [-0.1, -0.05) is 12.8 Å². The highest BCUT2D eigenvalue weighted by molar-refractivity contribution is 4.88. The Labute approximate surface area is 94.4 Å². The van der Waals surface area contributed by atoms with Gasteiger partial charge in [0.2, 0.25) is 0 Å². The molecule has 0 saturated heterocycles. The molecule has 2 aliphatic carbocycles. The van der Waals surface area contributed by atoms with E-state index in [1.165, 1.54) is 45.1 Å². The molecule has 0 aliphatic heterocycles. The fourth-order valence-corrected chi connectivity index (χ4v) is 3.07. The first kappa shape index (κ1) is 11.4. The van der Waals surface area contributed by atoms with Crippen LogP contribution in [0.15, 0.2) is 0 Å². The summed E-state index contributed by atoms with van der Waals surface area (Å²) in [7, 11) is 4.35. The molecule has 1 N–H and O–H groups in total. The Bertz CT molecular complexity index is 189. The quantitative estimate of drug-likeness (QED) is 0.747. The standard InChI is InChI=1S/C13H26N2/c1-14-8-9-15(2)13-5-3-4-12(10-13)11-6-7-11/h11-14H,3-10H2,1-2H3. The molecule has 0 aromatic heterocycles. The molecular weight excluding hydrogens is 184 g/mol. The van der Waals surface area contributed by atoms with E-state index in [0.29, 0.717) is 0 Å². The summed E-state index contributed by atoms with van der Waals surface area (Å²) < 4.78 is 0. The molecule has 2 nitrogen and oxygen atoms in total. The predicted octanol–water partition coefficient (Wildman–Crippen LogP) is 2.11. The van der Waals surface area contributed by atoms with Gasteiger partial charge in [-0.25, -0.2) is 0 Å². The third-order valence-electron chi connectivity index (χ3n) is 4.31. The van der Waals surface area contributed by atoms with E-state index in [9.17, 15) is 0 Å². The maximum atomic E-state index is 3.24. The van der Waals surface area contributed by atoms with Crippen LogP contribution in [0.3, 0.4) is 0 Å². The first-order chi connectivity index (χ1) is 7.31. The van der Waals surface area contributed by atoms with Gasteiger partial charge >= 0.3 is 0 Å². The van der Waals surface area contributed by atoms with Crippen molar-refractivity contribution in [3.05, 3.63) is 0 Å². The average Bonchev–Trinajstić information content (AvgIpc) is 3.10. The Morgan fingerprint density at radius 3 is 2.60 bits per heavy atom. The summed E-state index contributed by atoms with van der Waals surface area (Å²) in [5.41, 5.74) is 0. The predicted molar refractivity (Wildman–Crippen MR) is 65.0 cm³/mol. The van der Waals surface area contributed by atoms with Crippen molar-refractivity contribution in [3.63, 3.8) is 0 Å². The highest BCUT2D eigenvalue weighted by Gasteiger charge is 2.35. The second-order valence-electron chi connectivity index (χ2n) is 5.50. The zero-order chi connectivity index (χ0) is 10.7. The fourth-order valence-electron chi connectivity index (χ4n) is 3.07. The Morgan fingerprint density at radius 2 is 1.93 bits per heavy atom. The molecule has 2 unspecified atom stereocenters. The van der Waals surface area contributed by atoms with E-state index in [2.05, 4.69) is 17.3 Å². The van der Waals surface area contributed by atoms with Crippen LogP contribution in [0.4, 0.5) is 0 Å². The van der Waals surface area contributed by atoms with E-state index in [0.717, 1.165) is 24.4 Å². The van der Waals surface area contributed by atoms with E-state index in [1.54, 1.807) is 0 Å². The van der Waals surface area contributed by atoms with Crippen LogP contribution in [0.1, 0.15) is 38.5 Å². The van der Waals surface area contributed by atoms with Crippen LogP contribution in [0.25, 0.3) is 0 Å². The summed E-state index contributed by atoms with van der Waals surface area (Å²) >= 11 is 0. The molecule has 2 atom stereocenters. The van der Waals surface area contributed by atoms with E-state index in [4.69, 9.17) is 0 Å². The van der Waals surface area contributed by atoms with Gasteiger partial charge in [-0.15, -0.1) is 0 Å². The fraction of sp³-hybridized carbons (Fsp3) is 1.00. The van der Waals surface area contributed by atoms with Gasteiger partial charge in [-0.2, -0.15) is 0 Å². The van der Waals surface area contributed by atoms with Gasteiger partial charge < -0.3 is 10.2 Å². The molecule has 0 aromatic carbocycles. The highest BCUT2D eigenvalue weighted by Crippen LogP contribution is 2.44. The Morgan fingerprint density at radius 1 is 1.13 bits per heavy atom. The van der Waals surface area contributed by atoms with Gasteiger partial charge in [0.05, 0.1) is 0 Å². The zero-order valence-corrected chi connectivity index (χ0v) is 10.3. The lowest BCUT2D eigenvalue weighted by Crippen LogP contribution is -2.39. The molecular formula is C13H26N2. The summed E-state index contributed by atoms with van der Waals surface area (Å²) in [4.78, 5) is 2.57. The lowest BCUT2D eigenvalue weighted by Gasteiger charge is -2.35. The minimum absolute atomic E-state index is 0.873. The third-order valence-corrected chi connectivity index (χ3v) is 4.31. The summed E-state index contributed by atoms with van der Waals surface area (Å²) in [5.74, 6) is 2.19. The highest BCUT2D eigenvalue weighted by atomic mass is 15.1. The molecule has 0 heterocycles. The smallest absolute Gasteiger partial charge is 0.0107 e. The average molecular weight is 210 g/mol. The van der Waals surface area contributed by atoms with Crippen molar-refractivity contribution in [2.75, 3.05) is 27.2 Å². The Balaban J connectivity index is 1.75. The molecule has 2 fully saturated rings. The number of hydrogen-bond donors (Lipinski definition) is 1. The monoisotopic (exact) mass is 210 g/mol. The SMILES string of the molecule is CNCCN(C)C1CCCC(C2CC2)C1. The minimum atomic E-state index is 0.873. The molecule has 2 heteroatoms. The van der Waals surface area contributed by atoms with Crippen LogP contribution >= 0.6 is 0 Å². The van der Waals surface area contributed by atoms with Crippen LogP contribution in [0.2, 0.25) is 0 Å². The molecule has 2 rings (SSSR count). The number of nitrogens with zero attached hydrogens (tertiary/aromatic N) is 1. The second-order valence-corrected chi connectivity index (χ2v) is 5.50. The van der Waals surface area contributed by atoms with Gasteiger partial charge in [-0.05, 0) is 51.6 Å². The Hall–Kier alpha value is -0.0800. The van der Waals surface area contributed by atoms with Crippen molar-refractivity contribution < 1.29 is 0 Å². The zero-order valence-electron chi connectivity index (χ0n) is 10.3. The molecule has 88 valence electrons. The third kappa shape index (κ3) is 3.18. The lowest BCUT2D eigenvalue weighted by atomic mass is 9.82. The van der Waals surface area contributed by atoms with Gasteiger partial charge in [0.1, 0.15) is 0 Å². The van der Waals surface area contributed by atoms with E-state index in [1.807, 2.05) is 7.05 Å². The van der Waals surface area contributed by atoms with Crippen molar-refractivity contribution in [3.8, 4) is 0 Å². The molecule has 0 spiro atoms. The lowest BCUT2D eigenvalue weighted by molar-refractivity contribution is 0.150. The number of rotatable bonds is 5. The largest absolute Gasteiger partial charge is 0.318 e. The Kier molecular flexibility index (Phi) is 4.04. The first-order valence-electron chi connectivity index (χ1n) is 6.66. The summed E-state index contributed by atoms with van der Waals surface area (Å²) in [6.45, 7) is 2.33. The van der Waals surface area contributed by atoms with Gasteiger partial charge in [-0.3, -0.25) is 0 Å². The number of nitrogens with one attached hydrogen (secondary N) is 1. The minimum Gasteiger partial charge on any atom is -0.318 e. The van der Waals surface area contributed by atoms with Crippen molar-refractivity contribution in [2.24, 2.45) is 11.8 Å². The van der Waals surface area contributed by atoms with Crippen LogP contribution < -0.4 is 5.32 Å². The summed E-state index contributed by atoms with van der Waals surface area (Å²) in [6, 6.07) is 0.873. The summed E-state index contributed by atoms with van der Waals surface area (Å²) in [5, 5.41) is 3.24. The van der Waals surface area contributed by atoms with Crippen LogP contribution in [-0.4, -0.2) is 38.1 Å².